The molecule has 0 saturated carbocycles. The first-order chi connectivity index (χ1) is 8.19. The molecular formula is C14H20N2O. The van der Waals surface area contributed by atoms with Gasteiger partial charge in [-0.05, 0) is 37.9 Å². The van der Waals surface area contributed by atoms with E-state index in [4.69, 9.17) is 0 Å². The molecule has 1 N–H and O–H groups in total. The van der Waals surface area contributed by atoms with E-state index in [9.17, 15) is 4.79 Å². The zero-order valence-corrected chi connectivity index (χ0v) is 10.8. The predicted molar refractivity (Wildman–Crippen MR) is 70.4 cm³/mol. The van der Waals surface area contributed by atoms with Crippen LogP contribution < -0.4 is 10.2 Å². The Kier molecular flexibility index (Phi) is 3.48. The molecule has 92 valence electrons. The SMILES string of the molecule is CCc1cccc(C)c1N1CCC(NC)C1=O. The van der Waals surface area contributed by atoms with E-state index in [-0.39, 0.29) is 11.9 Å². The molecule has 1 saturated heterocycles. The third-order valence-electron chi connectivity index (χ3n) is 3.53. The molecule has 1 aromatic carbocycles. The highest BCUT2D eigenvalue weighted by atomic mass is 16.2. The Morgan fingerprint density at radius 3 is 2.82 bits per heavy atom. The summed E-state index contributed by atoms with van der Waals surface area (Å²) in [6, 6.07) is 6.24. The van der Waals surface area contributed by atoms with Gasteiger partial charge in [0.2, 0.25) is 5.91 Å². The summed E-state index contributed by atoms with van der Waals surface area (Å²) in [6.07, 6.45) is 1.86. The van der Waals surface area contributed by atoms with Crippen molar-refractivity contribution in [3.05, 3.63) is 29.3 Å². The van der Waals surface area contributed by atoms with Gasteiger partial charge in [0.25, 0.3) is 0 Å². The Bertz CT molecular complexity index is 428. The van der Waals surface area contributed by atoms with Gasteiger partial charge in [-0.15, -0.1) is 0 Å². The van der Waals surface area contributed by atoms with Gasteiger partial charge in [-0.25, -0.2) is 0 Å². The van der Waals surface area contributed by atoms with Gasteiger partial charge in [-0.2, -0.15) is 0 Å². The summed E-state index contributed by atoms with van der Waals surface area (Å²) in [7, 11) is 1.85. The lowest BCUT2D eigenvalue weighted by molar-refractivity contribution is -0.118. The van der Waals surface area contributed by atoms with Crippen LogP contribution in [0.2, 0.25) is 0 Å². The van der Waals surface area contributed by atoms with Gasteiger partial charge in [0.1, 0.15) is 0 Å². The number of likely N-dealkylation sites (N-methyl/N-ethyl adjacent to an activating group) is 1. The molecule has 1 aliphatic heterocycles. The lowest BCUT2D eigenvalue weighted by Crippen LogP contribution is -2.36. The van der Waals surface area contributed by atoms with Gasteiger partial charge in [0.05, 0.1) is 6.04 Å². The van der Waals surface area contributed by atoms with Crippen LogP contribution in [0, 0.1) is 6.92 Å². The number of nitrogens with one attached hydrogen (secondary N) is 1. The fraction of sp³-hybridized carbons (Fsp3) is 0.500. The number of anilines is 1. The summed E-state index contributed by atoms with van der Waals surface area (Å²) >= 11 is 0. The monoisotopic (exact) mass is 232 g/mol. The quantitative estimate of drug-likeness (QED) is 0.863. The number of amides is 1. The molecule has 2 rings (SSSR count). The van der Waals surface area contributed by atoms with Crippen LogP contribution in [0.15, 0.2) is 18.2 Å². The first-order valence-electron chi connectivity index (χ1n) is 6.26. The topological polar surface area (TPSA) is 32.3 Å². The number of aryl methyl sites for hydroxylation is 2. The first-order valence-corrected chi connectivity index (χ1v) is 6.26. The van der Waals surface area contributed by atoms with Crippen LogP contribution in [0.4, 0.5) is 5.69 Å². The number of nitrogens with zero attached hydrogens (tertiary/aromatic N) is 1. The fourth-order valence-electron chi connectivity index (χ4n) is 2.56. The summed E-state index contributed by atoms with van der Waals surface area (Å²) in [5, 5.41) is 3.08. The van der Waals surface area contributed by atoms with Crippen molar-refractivity contribution < 1.29 is 4.79 Å². The maximum atomic E-state index is 12.2. The Labute approximate surface area is 103 Å². The molecule has 3 nitrogen and oxygen atoms in total. The molecule has 1 amide bonds. The summed E-state index contributed by atoms with van der Waals surface area (Å²) in [5.74, 6) is 0.205. The summed E-state index contributed by atoms with van der Waals surface area (Å²) in [4.78, 5) is 14.2. The van der Waals surface area contributed by atoms with Crippen molar-refractivity contribution >= 4 is 11.6 Å². The van der Waals surface area contributed by atoms with Gasteiger partial charge in [-0.3, -0.25) is 4.79 Å². The molecule has 17 heavy (non-hydrogen) atoms. The molecule has 0 aromatic heterocycles. The molecule has 1 unspecified atom stereocenters. The van der Waals surface area contributed by atoms with Crippen LogP contribution in [0.1, 0.15) is 24.5 Å². The predicted octanol–water partition coefficient (Wildman–Crippen LogP) is 1.88. The largest absolute Gasteiger partial charge is 0.310 e. The second-order valence-corrected chi connectivity index (χ2v) is 4.56. The van der Waals surface area contributed by atoms with Crippen LogP contribution >= 0.6 is 0 Å². The molecule has 0 spiro atoms. The third-order valence-corrected chi connectivity index (χ3v) is 3.53. The van der Waals surface area contributed by atoms with E-state index in [1.165, 1.54) is 11.1 Å². The van der Waals surface area contributed by atoms with Crippen molar-refractivity contribution in [2.24, 2.45) is 0 Å². The minimum atomic E-state index is -0.0145. The van der Waals surface area contributed by atoms with Crippen LogP contribution in [-0.4, -0.2) is 25.5 Å². The Morgan fingerprint density at radius 1 is 1.47 bits per heavy atom. The molecule has 1 aliphatic rings. The maximum Gasteiger partial charge on any atom is 0.244 e. The standard InChI is InChI=1S/C14H20N2O/c1-4-11-7-5-6-10(2)13(11)16-9-8-12(15-3)14(16)17/h5-7,12,15H,4,8-9H2,1-3H3. The van der Waals surface area contributed by atoms with E-state index in [1.54, 1.807) is 0 Å². The number of para-hydroxylation sites is 1. The highest BCUT2D eigenvalue weighted by molar-refractivity contribution is 6.00. The molecule has 1 heterocycles. The van der Waals surface area contributed by atoms with Crippen LogP contribution in [-0.2, 0) is 11.2 Å². The second-order valence-electron chi connectivity index (χ2n) is 4.56. The highest BCUT2D eigenvalue weighted by Gasteiger charge is 2.32. The van der Waals surface area contributed by atoms with Crippen LogP contribution in [0.3, 0.4) is 0 Å². The number of hydrogen-bond acceptors (Lipinski definition) is 2. The van der Waals surface area contributed by atoms with E-state index in [2.05, 4.69) is 37.4 Å². The number of benzene rings is 1. The molecule has 0 radical (unpaired) electrons. The van der Waals surface area contributed by atoms with E-state index in [0.717, 1.165) is 25.1 Å². The van der Waals surface area contributed by atoms with Crippen molar-refractivity contribution in [1.82, 2.24) is 5.32 Å². The van der Waals surface area contributed by atoms with Gasteiger partial charge >= 0.3 is 0 Å². The summed E-state index contributed by atoms with van der Waals surface area (Å²) in [5.41, 5.74) is 3.57. The van der Waals surface area contributed by atoms with Crippen molar-refractivity contribution in [2.75, 3.05) is 18.5 Å². The Hall–Kier alpha value is -1.35. The minimum Gasteiger partial charge on any atom is -0.310 e. The smallest absolute Gasteiger partial charge is 0.244 e. The average Bonchev–Trinajstić information content (AvgIpc) is 2.70. The van der Waals surface area contributed by atoms with Crippen LogP contribution in [0.25, 0.3) is 0 Å². The first kappa shape index (κ1) is 12.1. The van der Waals surface area contributed by atoms with Crippen molar-refractivity contribution in [3.63, 3.8) is 0 Å². The zero-order chi connectivity index (χ0) is 12.4. The van der Waals surface area contributed by atoms with E-state index in [1.807, 2.05) is 11.9 Å². The molecule has 1 fully saturated rings. The Morgan fingerprint density at radius 2 is 2.24 bits per heavy atom. The maximum absolute atomic E-state index is 12.2. The number of rotatable bonds is 3. The number of carbonyl (C=O) groups is 1. The lowest BCUT2D eigenvalue weighted by Gasteiger charge is -2.22. The molecule has 3 heteroatoms. The van der Waals surface area contributed by atoms with E-state index in [0.29, 0.717) is 0 Å². The summed E-state index contributed by atoms with van der Waals surface area (Å²) in [6.45, 7) is 5.03. The highest BCUT2D eigenvalue weighted by Crippen LogP contribution is 2.29. The average molecular weight is 232 g/mol. The van der Waals surface area contributed by atoms with E-state index >= 15 is 0 Å². The van der Waals surface area contributed by atoms with Crippen molar-refractivity contribution in [2.45, 2.75) is 32.7 Å². The van der Waals surface area contributed by atoms with Gasteiger partial charge in [0, 0.05) is 12.2 Å². The van der Waals surface area contributed by atoms with Crippen molar-refractivity contribution in [3.8, 4) is 0 Å². The van der Waals surface area contributed by atoms with Gasteiger partial charge in [-0.1, -0.05) is 25.1 Å². The van der Waals surface area contributed by atoms with Crippen molar-refractivity contribution in [1.29, 1.82) is 0 Å². The molecule has 0 aliphatic carbocycles. The fourth-order valence-corrected chi connectivity index (χ4v) is 2.56. The third kappa shape index (κ3) is 2.07. The molecule has 1 aromatic rings. The van der Waals surface area contributed by atoms with Crippen LogP contribution in [0.5, 0.6) is 0 Å². The van der Waals surface area contributed by atoms with Gasteiger partial charge in [0.15, 0.2) is 0 Å². The molecule has 0 bridgehead atoms. The number of carbonyl (C=O) groups excluding carboxylic acids is 1. The minimum absolute atomic E-state index is 0.0145. The van der Waals surface area contributed by atoms with E-state index < -0.39 is 0 Å². The normalized spacial score (nSPS) is 20.1. The zero-order valence-electron chi connectivity index (χ0n) is 10.8. The molecule has 1 atom stereocenters. The van der Waals surface area contributed by atoms with Gasteiger partial charge < -0.3 is 10.2 Å². The second kappa shape index (κ2) is 4.88. The Balaban J connectivity index is 2.38. The molecular weight excluding hydrogens is 212 g/mol. The number of hydrogen-bond donors (Lipinski definition) is 1. The lowest BCUT2D eigenvalue weighted by atomic mass is 10.0. The summed E-state index contributed by atoms with van der Waals surface area (Å²) < 4.78 is 0.